The zero-order valence-corrected chi connectivity index (χ0v) is 8.24. The molecule has 3 heteroatoms. The van der Waals surface area contributed by atoms with Crippen LogP contribution in [-0.2, 0) is 9.59 Å². The Labute approximate surface area is 83.5 Å². The van der Waals surface area contributed by atoms with E-state index >= 15 is 0 Å². The van der Waals surface area contributed by atoms with Gasteiger partial charge in [-0.15, -0.1) is 0 Å². The highest BCUT2D eigenvalue weighted by molar-refractivity contribution is 5.84. The van der Waals surface area contributed by atoms with Gasteiger partial charge in [0.15, 0.2) is 0 Å². The lowest BCUT2D eigenvalue weighted by Gasteiger charge is -2.19. The van der Waals surface area contributed by atoms with Gasteiger partial charge in [-0.05, 0) is 31.1 Å². The Kier molecular flexibility index (Phi) is 2.57. The Morgan fingerprint density at radius 3 is 2.43 bits per heavy atom. The number of Topliss-reactive ketones (excluding diaryl/α,β-unsaturated/α-hetero) is 1. The molecule has 1 N–H and O–H groups in total. The Morgan fingerprint density at radius 1 is 1.14 bits per heavy atom. The van der Waals surface area contributed by atoms with Crippen LogP contribution in [0.2, 0.25) is 0 Å². The molecule has 0 aromatic heterocycles. The zero-order chi connectivity index (χ0) is 10.1. The van der Waals surface area contributed by atoms with E-state index in [1.165, 1.54) is 19.3 Å². The van der Waals surface area contributed by atoms with Gasteiger partial charge < -0.3 is 5.11 Å². The van der Waals surface area contributed by atoms with Crippen LogP contribution < -0.4 is 0 Å². The van der Waals surface area contributed by atoms with Crippen LogP contribution in [0.1, 0.15) is 38.5 Å². The Bertz CT molecular complexity index is 259. The molecule has 3 nitrogen and oxygen atoms in total. The number of carboxylic acids is 1. The SMILES string of the molecule is O=C(O)CCC(=O)C1CC2CCC1C2. The van der Waals surface area contributed by atoms with Gasteiger partial charge in [0.05, 0.1) is 6.42 Å². The molecule has 0 amide bonds. The molecule has 3 unspecified atom stereocenters. The highest BCUT2D eigenvalue weighted by Crippen LogP contribution is 2.48. The molecule has 0 aliphatic heterocycles. The van der Waals surface area contributed by atoms with Gasteiger partial charge in [0.1, 0.15) is 5.78 Å². The van der Waals surface area contributed by atoms with Crippen LogP contribution in [0.25, 0.3) is 0 Å². The first-order chi connectivity index (χ1) is 6.66. The van der Waals surface area contributed by atoms with Gasteiger partial charge in [0.2, 0.25) is 0 Å². The lowest BCUT2D eigenvalue weighted by Crippen LogP contribution is -2.21. The average Bonchev–Trinajstić information content (AvgIpc) is 2.74. The molecule has 2 aliphatic rings. The van der Waals surface area contributed by atoms with Crippen molar-refractivity contribution in [1.29, 1.82) is 0 Å². The van der Waals surface area contributed by atoms with Crippen molar-refractivity contribution >= 4 is 11.8 Å². The summed E-state index contributed by atoms with van der Waals surface area (Å²) in [5.41, 5.74) is 0. The highest BCUT2D eigenvalue weighted by Gasteiger charge is 2.42. The summed E-state index contributed by atoms with van der Waals surface area (Å²) < 4.78 is 0. The van der Waals surface area contributed by atoms with Crippen molar-refractivity contribution in [2.75, 3.05) is 0 Å². The second-order valence-corrected chi connectivity index (χ2v) is 4.64. The van der Waals surface area contributed by atoms with Gasteiger partial charge >= 0.3 is 5.97 Å². The monoisotopic (exact) mass is 196 g/mol. The van der Waals surface area contributed by atoms with Crippen LogP contribution in [0, 0.1) is 17.8 Å². The summed E-state index contributed by atoms with van der Waals surface area (Å²) in [6.45, 7) is 0. The Balaban J connectivity index is 1.84. The largest absolute Gasteiger partial charge is 0.481 e. The van der Waals surface area contributed by atoms with E-state index in [1.807, 2.05) is 0 Å². The zero-order valence-electron chi connectivity index (χ0n) is 8.24. The van der Waals surface area contributed by atoms with Crippen molar-refractivity contribution in [2.24, 2.45) is 17.8 Å². The lowest BCUT2D eigenvalue weighted by atomic mass is 9.84. The minimum atomic E-state index is -0.860. The van der Waals surface area contributed by atoms with Gasteiger partial charge in [-0.2, -0.15) is 0 Å². The molecule has 2 saturated carbocycles. The van der Waals surface area contributed by atoms with Crippen LogP contribution in [0.3, 0.4) is 0 Å². The Morgan fingerprint density at radius 2 is 1.93 bits per heavy atom. The number of carbonyl (C=O) groups excluding carboxylic acids is 1. The van der Waals surface area contributed by atoms with Crippen LogP contribution in [0.4, 0.5) is 0 Å². The summed E-state index contributed by atoms with van der Waals surface area (Å²) >= 11 is 0. The van der Waals surface area contributed by atoms with E-state index in [9.17, 15) is 9.59 Å². The number of fused-ring (bicyclic) bond motifs is 2. The summed E-state index contributed by atoms with van der Waals surface area (Å²) in [5, 5.41) is 8.48. The molecule has 2 bridgehead atoms. The number of rotatable bonds is 4. The summed E-state index contributed by atoms with van der Waals surface area (Å²) in [5.74, 6) is 0.884. The fourth-order valence-corrected chi connectivity index (χ4v) is 3.05. The van der Waals surface area contributed by atoms with Gasteiger partial charge in [-0.3, -0.25) is 9.59 Å². The van der Waals surface area contributed by atoms with Crippen molar-refractivity contribution in [3.8, 4) is 0 Å². The van der Waals surface area contributed by atoms with E-state index in [1.54, 1.807) is 0 Å². The molecular formula is C11H16O3. The van der Waals surface area contributed by atoms with E-state index < -0.39 is 5.97 Å². The number of aliphatic carboxylic acids is 1. The summed E-state index contributed by atoms with van der Waals surface area (Å²) in [4.78, 5) is 22.0. The summed E-state index contributed by atoms with van der Waals surface area (Å²) in [7, 11) is 0. The standard InChI is InChI=1S/C11H16O3/c12-10(3-4-11(13)14)9-6-7-1-2-8(9)5-7/h7-9H,1-6H2,(H,13,14). The second kappa shape index (κ2) is 3.71. The molecule has 2 aliphatic carbocycles. The van der Waals surface area contributed by atoms with Crippen molar-refractivity contribution < 1.29 is 14.7 Å². The third kappa shape index (κ3) is 1.81. The molecule has 2 rings (SSSR count). The fourth-order valence-electron chi connectivity index (χ4n) is 3.05. The third-order valence-electron chi connectivity index (χ3n) is 3.74. The molecule has 14 heavy (non-hydrogen) atoms. The van der Waals surface area contributed by atoms with E-state index in [0.29, 0.717) is 5.92 Å². The minimum Gasteiger partial charge on any atom is -0.481 e. The molecule has 0 aromatic carbocycles. The lowest BCUT2D eigenvalue weighted by molar-refractivity contribution is -0.139. The maximum atomic E-state index is 11.7. The van der Waals surface area contributed by atoms with Crippen LogP contribution in [0.5, 0.6) is 0 Å². The van der Waals surface area contributed by atoms with Crippen LogP contribution in [-0.4, -0.2) is 16.9 Å². The molecule has 3 atom stereocenters. The van der Waals surface area contributed by atoms with Gasteiger partial charge in [0, 0.05) is 12.3 Å². The number of carboxylic acid groups (broad SMARTS) is 1. The quantitative estimate of drug-likeness (QED) is 0.746. The minimum absolute atomic E-state index is 0.00667. The summed E-state index contributed by atoms with van der Waals surface area (Å²) in [6, 6.07) is 0. The van der Waals surface area contributed by atoms with Gasteiger partial charge in [0.25, 0.3) is 0 Å². The molecule has 0 saturated heterocycles. The van der Waals surface area contributed by atoms with Crippen molar-refractivity contribution in [3.05, 3.63) is 0 Å². The van der Waals surface area contributed by atoms with E-state index in [-0.39, 0.29) is 24.5 Å². The van der Waals surface area contributed by atoms with E-state index in [0.717, 1.165) is 12.3 Å². The number of carbonyl (C=O) groups is 2. The smallest absolute Gasteiger partial charge is 0.303 e. The van der Waals surface area contributed by atoms with E-state index in [4.69, 9.17) is 5.11 Å². The first-order valence-corrected chi connectivity index (χ1v) is 5.41. The Hall–Kier alpha value is -0.860. The van der Waals surface area contributed by atoms with E-state index in [2.05, 4.69) is 0 Å². The molecular weight excluding hydrogens is 180 g/mol. The predicted octanol–water partition coefficient (Wildman–Crippen LogP) is 1.86. The molecule has 78 valence electrons. The van der Waals surface area contributed by atoms with Crippen LogP contribution >= 0.6 is 0 Å². The molecule has 0 spiro atoms. The predicted molar refractivity (Wildman–Crippen MR) is 50.8 cm³/mol. The average molecular weight is 196 g/mol. The number of ketones is 1. The topological polar surface area (TPSA) is 54.4 Å². The molecule has 0 radical (unpaired) electrons. The van der Waals surface area contributed by atoms with Crippen molar-refractivity contribution in [3.63, 3.8) is 0 Å². The fraction of sp³-hybridized carbons (Fsp3) is 0.818. The van der Waals surface area contributed by atoms with Gasteiger partial charge in [-0.25, -0.2) is 0 Å². The van der Waals surface area contributed by atoms with Crippen LogP contribution in [0.15, 0.2) is 0 Å². The third-order valence-corrected chi connectivity index (χ3v) is 3.74. The normalized spacial score (nSPS) is 34.7. The first-order valence-electron chi connectivity index (χ1n) is 5.41. The molecule has 0 heterocycles. The number of hydrogen-bond donors (Lipinski definition) is 1. The highest BCUT2D eigenvalue weighted by atomic mass is 16.4. The molecule has 2 fully saturated rings. The number of hydrogen-bond acceptors (Lipinski definition) is 2. The first kappa shape index (κ1) is 9.69. The van der Waals surface area contributed by atoms with Crippen molar-refractivity contribution in [2.45, 2.75) is 38.5 Å². The molecule has 0 aromatic rings. The van der Waals surface area contributed by atoms with Gasteiger partial charge in [-0.1, -0.05) is 6.42 Å². The van der Waals surface area contributed by atoms with Crippen molar-refractivity contribution in [1.82, 2.24) is 0 Å². The maximum absolute atomic E-state index is 11.7. The maximum Gasteiger partial charge on any atom is 0.303 e. The second-order valence-electron chi connectivity index (χ2n) is 4.64. The summed E-state index contributed by atoms with van der Waals surface area (Å²) in [6.07, 6.45) is 4.96.